The van der Waals surface area contributed by atoms with Crippen molar-refractivity contribution >= 4 is 11.6 Å². The molecule has 1 unspecified atom stereocenters. The van der Waals surface area contributed by atoms with E-state index in [1.54, 1.807) is 14.0 Å². The second kappa shape index (κ2) is 5.04. The molecule has 0 aliphatic carbocycles. The maximum Gasteiger partial charge on any atom is 0.128 e. The third-order valence-corrected chi connectivity index (χ3v) is 2.55. The Morgan fingerprint density at radius 1 is 1.40 bits per heavy atom. The summed E-state index contributed by atoms with van der Waals surface area (Å²) in [7, 11) is 1.64. The van der Waals surface area contributed by atoms with Crippen LogP contribution in [-0.2, 0) is 6.42 Å². The number of halogens is 1. The first-order chi connectivity index (χ1) is 7.07. The number of methoxy groups -OCH3 is 1. The van der Waals surface area contributed by atoms with E-state index in [2.05, 4.69) is 6.07 Å². The minimum atomic E-state index is -0.764. The van der Waals surface area contributed by atoms with E-state index < -0.39 is 4.87 Å². The molecule has 15 heavy (non-hydrogen) atoms. The number of ether oxygens (including phenoxy) is 1. The SMILES string of the molecule is COc1ccc(CCC(C)(Cl)C#N)cc1. The quantitative estimate of drug-likeness (QED) is 0.735. The van der Waals surface area contributed by atoms with Gasteiger partial charge in [0.15, 0.2) is 0 Å². The molecule has 2 nitrogen and oxygen atoms in total. The van der Waals surface area contributed by atoms with Gasteiger partial charge in [-0.1, -0.05) is 12.1 Å². The van der Waals surface area contributed by atoms with Gasteiger partial charge in [-0.15, -0.1) is 11.6 Å². The molecule has 1 rings (SSSR count). The summed E-state index contributed by atoms with van der Waals surface area (Å²) in [6.45, 7) is 1.73. The van der Waals surface area contributed by atoms with E-state index in [4.69, 9.17) is 21.6 Å². The lowest BCUT2D eigenvalue weighted by Gasteiger charge is -2.12. The summed E-state index contributed by atoms with van der Waals surface area (Å²) in [6, 6.07) is 9.87. The molecule has 0 saturated heterocycles. The fourth-order valence-corrected chi connectivity index (χ4v) is 1.32. The van der Waals surface area contributed by atoms with Gasteiger partial charge in [-0.05, 0) is 37.5 Å². The van der Waals surface area contributed by atoms with Crippen molar-refractivity contribution in [2.24, 2.45) is 0 Å². The summed E-state index contributed by atoms with van der Waals surface area (Å²) in [6.07, 6.45) is 1.45. The zero-order valence-electron chi connectivity index (χ0n) is 8.96. The third-order valence-electron chi connectivity index (χ3n) is 2.28. The number of nitriles is 1. The molecule has 0 bridgehead atoms. The predicted octanol–water partition coefficient (Wildman–Crippen LogP) is 3.15. The van der Waals surface area contributed by atoms with Crippen LogP contribution in [0.15, 0.2) is 24.3 Å². The van der Waals surface area contributed by atoms with Crippen LogP contribution in [0.4, 0.5) is 0 Å². The number of nitrogens with zero attached hydrogens (tertiary/aromatic N) is 1. The average Bonchev–Trinajstić information content (AvgIpc) is 2.27. The smallest absolute Gasteiger partial charge is 0.128 e. The van der Waals surface area contributed by atoms with E-state index in [0.717, 1.165) is 17.7 Å². The third kappa shape index (κ3) is 3.81. The molecule has 0 fully saturated rings. The molecule has 1 aromatic carbocycles. The van der Waals surface area contributed by atoms with Crippen LogP contribution in [0.2, 0.25) is 0 Å². The van der Waals surface area contributed by atoms with Gasteiger partial charge in [0, 0.05) is 0 Å². The maximum atomic E-state index is 8.75. The normalized spacial score (nSPS) is 14.0. The number of benzene rings is 1. The maximum absolute atomic E-state index is 8.75. The number of hydrogen-bond donors (Lipinski definition) is 0. The standard InChI is InChI=1S/C12H14ClNO/c1-12(13,9-14)8-7-10-3-5-11(15-2)6-4-10/h3-6H,7-8H2,1-2H3. The Morgan fingerprint density at radius 2 is 2.00 bits per heavy atom. The van der Waals surface area contributed by atoms with Gasteiger partial charge < -0.3 is 4.74 Å². The number of alkyl halides is 1. The lowest BCUT2D eigenvalue weighted by molar-refractivity contribution is 0.414. The molecule has 0 amide bonds. The summed E-state index contributed by atoms with van der Waals surface area (Å²) in [5.74, 6) is 0.840. The molecule has 0 aliphatic heterocycles. The molecule has 0 spiro atoms. The molecule has 1 atom stereocenters. The van der Waals surface area contributed by atoms with Crippen LogP contribution in [0, 0.1) is 11.3 Å². The van der Waals surface area contributed by atoms with Gasteiger partial charge in [0.25, 0.3) is 0 Å². The Bertz CT molecular complexity index is 351. The highest BCUT2D eigenvalue weighted by Gasteiger charge is 2.18. The molecule has 80 valence electrons. The number of aryl methyl sites for hydroxylation is 1. The topological polar surface area (TPSA) is 33.0 Å². The fourth-order valence-electron chi connectivity index (χ4n) is 1.23. The van der Waals surface area contributed by atoms with E-state index in [1.165, 1.54) is 0 Å². The zero-order chi connectivity index (χ0) is 11.3. The monoisotopic (exact) mass is 223 g/mol. The fraction of sp³-hybridized carbons (Fsp3) is 0.417. The second-order valence-electron chi connectivity index (χ2n) is 3.66. The first-order valence-corrected chi connectivity index (χ1v) is 5.18. The van der Waals surface area contributed by atoms with Crippen molar-refractivity contribution in [2.75, 3.05) is 7.11 Å². The summed E-state index contributed by atoms with van der Waals surface area (Å²) < 4.78 is 5.06. The van der Waals surface area contributed by atoms with E-state index in [-0.39, 0.29) is 0 Å². The Hall–Kier alpha value is -1.20. The summed E-state index contributed by atoms with van der Waals surface area (Å²) in [5, 5.41) is 8.75. The minimum absolute atomic E-state index is 0.650. The second-order valence-corrected chi connectivity index (χ2v) is 4.49. The van der Waals surface area contributed by atoms with Crippen molar-refractivity contribution in [3.05, 3.63) is 29.8 Å². The van der Waals surface area contributed by atoms with Crippen LogP contribution >= 0.6 is 11.6 Å². The molecule has 0 saturated carbocycles. The molecule has 0 N–H and O–H groups in total. The van der Waals surface area contributed by atoms with Crippen LogP contribution in [0.5, 0.6) is 5.75 Å². The van der Waals surface area contributed by atoms with E-state index in [0.29, 0.717) is 6.42 Å². The van der Waals surface area contributed by atoms with Crippen molar-refractivity contribution < 1.29 is 4.74 Å². The molecule has 0 aromatic heterocycles. The lowest BCUT2D eigenvalue weighted by Crippen LogP contribution is -2.13. The van der Waals surface area contributed by atoms with Crippen molar-refractivity contribution in [1.29, 1.82) is 5.26 Å². The molecular weight excluding hydrogens is 210 g/mol. The highest BCUT2D eigenvalue weighted by Crippen LogP contribution is 2.21. The predicted molar refractivity (Wildman–Crippen MR) is 61.2 cm³/mol. The largest absolute Gasteiger partial charge is 0.497 e. The van der Waals surface area contributed by atoms with E-state index in [1.807, 2.05) is 24.3 Å². The molecule has 0 heterocycles. The highest BCUT2D eigenvalue weighted by molar-refractivity contribution is 6.25. The average molecular weight is 224 g/mol. The Labute approximate surface area is 95.4 Å². The van der Waals surface area contributed by atoms with Crippen molar-refractivity contribution in [1.82, 2.24) is 0 Å². The first kappa shape index (κ1) is 11.9. The highest BCUT2D eigenvalue weighted by atomic mass is 35.5. The molecule has 0 radical (unpaired) electrons. The van der Waals surface area contributed by atoms with Gasteiger partial charge in [-0.3, -0.25) is 0 Å². The van der Waals surface area contributed by atoms with Gasteiger partial charge in [0.1, 0.15) is 10.6 Å². The van der Waals surface area contributed by atoms with E-state index >= 15 is 0 Å². The van der Waals surface area contributed by atoms with Gasteiger partial charge in [-0.2, -0.15) is 5.26 Å². The molecule has 3 heteroatoms. The molecular formula is C12H14ClNO. The first-order valence-electron chi connectivity index (χ1n) is 4.80. The molecule has 1 aromatic rings. The summed E-state index contributed by atoms with van der Waals surface area (Å²) in [5.41, 5.74) is 1.16. The van der Waals surface area contributed by atoms with Gasteiger partial charge in [0.2, 0.25) is 0 Å². The van der Waals surface area contributed by atoms with Crippen molar-refractivity contribution in [2.45, 2.75) is 24.6 Å². The summed E-state index contributed by atoms with van der Waals surface area (Å²) >= 11 is 5.94. The van der Waals surface area contributed by atoms with Gasteiger partial charge in [0.05, 0.1) is 13.2 Å². The lowest BCUT2D eigenvalue weighted by atomic mass is 10.0. The van der Waals surface area contributed by atoms with Crippen LogP contribution in [0.25, 0.3) is 0 Å². The van der Waals surface area contributed by atoms with Gasteiger partial charge in [-0.25, -0.2) is 0 Å². The van der Waals surface area contributed by atoms with Crippen LogP contribution in [0.1, 0.15) is 18.9 Å². The zero-order valence-corrected chi connectivity index (χ0v) is 9.71. The van der Waals surface area contributed by atoms with Crippen LogP contribution in [-0.4, -0.2) is 12.0 Å². The summed E-state index contributed by atoms with van der Waals surface area (Å²) in [4.78, 5) is -0.764. The molecule has 0 aliphatic rings. The van der Waals surface area contributed by atoms with Crippen LogP contribution in [0.3, 0.4) is 0 Å². The van der Waals surface area contributed by atoms with Gasteiger partial charge >= 0.3 is 0 Å². The minimum Gasteiger partial charge on any atom is -0.497 e. The number of rotatable bonds is 4. The number of hydrogen-bond acceptors (Lipinski definition) is 2. The Balaban J connectivity index is 2.56. The Kier molecular flexibility index (Phi) is 3.99. The van der Waals surface area contributed by atoms with E-state index in [9.17, 15) is 0 Å². The Morgan fingerprint density at radius 3 is 2.47 bits per heavy atom. The van der Waals surface area contributed by atoms with Crippen molar-refractivity contribution in [3.63, 3.8) is 0 Å². The van der Waals surface area contributed by atoms with Crippen LogP contribution < -0.4 is 4.74 Å². The van der Waals surface area contributed by atoms with Crippen molar-refractivity contribution in [3.8, 4) is 11.8 Å².